The van der Waals surface area contributed by atoms with Crippen molar-refractivity contribution in [2.45, 2.75) is 6.92 Å². The van der Waals surface area contributed by atoms with Crippen LogP contribution in [0.1, 0.15) is 5.56 Å². The van der Waals surface area contributed by atoms with Crippen molar-refractivity contribution < 1.29 is 14.0 Å². The summed E-state index contributed by atoms with van der Waals surface area (Å²) in [5, 5.41) is 3.91. The van der Waals surface area contributed by atoms with Crippen LogP contribution in [0.3, 0.4) is 0 Å². The molecule has 1 aromatic heterocycles. The van der Waals surface area contributed by atoms with E-state index in [9.17, 15) is 0 Å². The number of rotatable bonds is 3. The van der Waals surface area contributed by atoms with Crippen LogP contribution in [0, 0.1) is 6.92 Å². The van der Waals surface area contributed by atoms with Crippen LogP contribution < -0.4 is 15.2 Å². The van der Waals surface area contributed by atoms with Gasteiger partial charge in [0, 0.05) is 6.07 Å². The lowest BCUT2D eigenvalue weighted by atomic mass is 10.0. The van der Waals surface area contributed by atoms with Gasteiger partial charge in [-0.2, -0.15) is 0 Å². The van der Waals surface area contributed by atoms with Gasteiger partial charge in [0.1, 0.15) is 5.69 Å². The molecule has 1 heterocycles. The van der Waals surface area contributed by atoms with Crippen LogP contribution in [0.25, 0.3) is 11.3 Å². The van der Waals surface area contributed by atoms with Crippen molar-refractivity contribution in [3.8, 4) is 22.8 Å². The van der Waals surface area contributed by atoms with E-state index in [-0.39, 0.29) is 5.88 Å². The zero-order chi connectivity index (χ0) is 13.3. The van der Waals surface area contributed by atoms with E-state index in [1.165, 1.54) is 0 Å². The maximum Gasteiger partial charge on any atom is 0.222 e. The van der Waals surface area contributed by atoms with Crippen molar-refractivity contribution >= 4 is 21.8 Å². The van der Waals surface area contributed by atoms with Crippen molar-refractivity contribution in [3.05, 3.63) is 22.2 Å². The van der Waals surface area contributed by atoms with Gasteiger partial charge in [0.05, 0.1) is 24.3 Å². The maximum atomic E-state index is 5.55. The zero-order valence-electron chi connectivity index (χ0n) is 10.3. The molecule has 2 aromatic rings. The minimum atomic E-state index is 0.258. The Balaban J connectivity index is 2.73. The topological polar surface area (TPSA) is 70.5 Å². The quantitative estimate of drug-likeness (QED) is 0.943. The Morgan fingerprint density at radius 2 is 1.89 bits per heavy atom. The first-order valence-corrected chi connectivity index (χ1v) is 6.01. The average molecular weight is 313 g/mol. The summed E-state index contributed by atoms with van der Waals surface area (Å²) in [6.45, 7) is 1.95. The molecule has 0 atom stereocenters. The smallest absolute Gasteiger partial charge is 0.222 e. The monoisotopic (exact) mass is 312 g/mol. The van der Waals surface area contributed by atoms with Gasteiger partial charge in [-0.1, -0.05) is 5.16 Å². The van der Waals surface area contributed by atoms with Gasteiger partial charge >= 0.3 is 0 Å². The fourth-order valence-corrected chi connectivity index (χ4v) is 2.52. The number of hydrogen-bond donors (Lipinski definition) is 1. The number of halogens is 1. The summed E-state index contributed by atoms with van der Waals surface area (Å²) in [4.78, 5) is 0. The van der Waals surface area contributed by atoms with Crippen molar-refractivity contribution in [1.29, 1.82) is 0 Å². The van der Waals surface area contributed by atoms with Crippen LogP contribution in [0.5, 0.6) is 11.5 Å². The number of nitrogens with zero attached hydrogens (tertiary/aromatic N) is 1. The van der Waals surface area contributed by atoms with Crippen molar-refractivity contribution in [1.82, 2.24) is 5.16 Å². The minimum absolute atomic E-state index is 0.258. The average Bonchev–Trinajstić information content (AvgIpc) is 2.74. The maximum absolute atomic E-state index is 5.55. The van der Waals surface area contributed by atoms with Crippen LogP contribution in [0.15, 0.2) is 21.1 Å². The van der Waals surface area contributed by atoms with Crippen molar-refractivity contribution in [3.63, 3.8) is 0 Å². The van der Waals surface area contributed by atoms with Gasteiger partial charge in [0.25, 0.3) is 0 Å². The van der Waals surface area contributed by atoms with Gasteiger partial charge in [-0.25, -0.2) is 0 Å². The van der Waals surface area contributed by atoms with Crippen LogP contribution in [0.2, 0.25) is 0 Å². The van der Waals surface area contributed by atoms with E-state index in [2.05, 4.69) is 21.1 Å². The number of anilines is 1. The Morgan fingerprint density at radius 3 is 2.39 bits per heavy atom. The summed E-state index contributed by atoms with van der Waals surface area (Å²) in [7, 11) is 3.16. The summed E-state index contributed by atoms with van der Waals surface area (Å²) in [6.07, 6.45) is 0. The molecule has 0 bridgehead atoms. The molecular weight excluding hydrogens is 300 g/mol. The Kier molecular flexibility index (Phi) is 3.47. The van der Waals surface area contributed by atoms with Gasteiger partial charge < -0.3 is 19.7 Å². The molecule has 1 aromatic carbocycles. The molecule has 0 fully saturated rings. The number of nitrogens with two attached hydrogens (primary N) is 1. The van der Waals surface area contributed by atoms with Crippen LogP contribution in [-0.4, -0.2) is 19.4 Å². The molecule has 0 aliphatic heterocycles. The molecule has 0 aliphatic rings. The molecule has 0 aliphatic carbocycles. The molecule has 5 nitrogen and oxygen atoms in total. The molecule has 2 rings (SSSR count). The van der Waals surface area contributed by atoms with Gasteiger partial charge in [-0.05, 0) is 34.5 Å². The molecule has 18 heavy (non-hydrogen) atoms. The van der Waals surface area contributed by atoms with E-state index in [1.54, 1.807) is 20.3 Å². The summed E-state index contributed by atoms with van der Waals surface area (Å²) >= 11 is 3.44. The number of aromatic nitrogens is 1. The first-order valence-electron chi connectivity index (χ1n) is 5.22. The van der Waals surface area contributed by atoms with E-state index in [0.29, 0.717) is 17.2 Å². The van der Waals surface area contributed by atoms with E-state index < -0.39 is 0 Å². The lowest BCUT2D eigenvalue weighted by Gasteiger charge is -2.15. The number of methoxy groups -OCH3 is 2. The fourth-order valence-electron chi connectivity index (χ4n) is 1.84. The highest BCUT2D eigenvalue weighted by atomic mass is 79.9. The third-order valence-electron chi connectivity index (χ3n) is 2.58. The minimum Gasteiger partial charge on any atom is -0.492 e. The zero-order valence-corrected chi connectivity index (χ0v) is 11.9. The number of aryl methyl sites for hydroxylation is 1. The number of hydrogen-bond acceptors (Lipinski definition) is 5. The SMILES string of the molecule is COc1c(Br)cc(C)c(-c2cc(N)on2)c1OC. The lowest BCUT2D eigenvalue weighted by Crippen LogP contribution is -1.97. The second-order valence-electron chi connectivity index (χ2n) is 3.73. The van der Waals surface area contributed by atoms with Gasteiger partial charge in [0.15, 0.2) is 11.5 Å². The molecular formula is C12H13BrN2O3. The summed E-state index contributed by atoms with van der Waals surface area (Å²) in [5.74, 6) is 1.46. The van der Waals surface area contributed by atoms with Crippen LogP contribution >= 0.6 is 15.9 Å². The third-order valence-corrected chi connectivity index (χ3v) is 3.17. The second kappa shape index (κ2) is 4.89. The van der Waals surface area contributed by atoms with Crippen molar-refractivity contribution in [2.24, 2.45) is 0 Å². The van der Waals surface area contributed by atoms with Crippen molar-refractivity contribution in [2.75, 3.05) is 20.0 Å². The Hall–Kier alpha value is -1.69. The first-order chi connectivity index (χ1) is 8.58. The van der Waals surface area contributed by atoms with Gasteiger partial charge in [0.2, 0.25) is 5.88 Å². The molecule has 0 saturated carbocycles. The standard InChI is InChI=1S/C12H13BrN2O3/c1-6-4-7(13)11(16-2)12(17-3)10(6)8-5-9(14)18-15-8/h4-5H,14H2,1-3H3. The molecule has 2 N–H and O–H groups in total. The van der Waals surface area contributed by atoms with Gasteiger partial charge in [-0.15, -0.1) is 0 Å². The van der Waals surface area contributed by atoms with E-state index in [1.807, 2.05) is 13.0 Å². The molecule has 6 heteroatoms. The van der Waals surface area contributed by atoms with E-state index in [4.69, 9.17) is 19.7 Å². The normalized spacial score (nSPS) is 10.4. The second-order valence-corrected chi connectivity index (χ2v) is 4.59. The summed E-state index contributed by atoms with van der Waals surface area (Å²) in [5.41, 5.74) is 7.95. The van der Waals surface area contributed by atoms with Crippen LogP contribution in [-0.2, 0) is 0 Å². The Morgan fingerprint density at radius 1 is 1.22 bits per heavy atom. The predicted octanol–water partition coefficient (Wildman–Crippen LogP) is 3.01. The summed E-state index contributed by atoms with van der Waals surface area (Å²) < 4.78 is 16.5. The van der Waals surface area contributed by atoms with Gasteiger partial charge in [-0.3, -0.25) is 0 Å². The highest BCUT2D eigenvalue weighted by Crippen LogP contribution is 2.44. The third kappa shape index (κ3) is 2.03. The Labute approximate surface area is 113 Å². The summed E-state index contributed by atoms with van der Waals surface area (Å²) in [6, 6.07) is 3.58. The largest absolute Gasteiger partial charge is 0.492 e. The molecule has 0 amide bonds. The van der Waals surface area contributed by atoms with Crippen LogP contribution in [0.4, 0.5) is 5.88 Å². The molecule has 96 valence electrons. The van der Waals surface area contributed by atoms with E-state index >= 15 is 0 Å². The fraction of sp³-hybridized carbons (Fsp3) is 0.250. The Bertz CT molecular complexity index is 581. The first kappa shape index (κ1) is 12.8. The lowest BCUT2D eigenvalue weighted by molar-refractivity contribution is 0.353. The molecule has 0 spiro atoms. The number of ether oxygens (including phenoxy) is 2. The highest BCUT2D eigenvalue weighted by molar-refractivity contribution is 9.10. The van der Waals surface area contributed by atoms with E-state index in [0.717, 1.165) is 15.6 Å². The predicted molar refractivity (Wildman–Crippen MR) is 71.9 cm³/mol. The molecule has 0 saturated heterocycles. The highest BCUT2D eigenvalue weighted by Gasteiger charge is 2.20. The molecule has 0 unspecified atom stereocenters. The number of benzene rings is 1. The molecule has 0 radical (unpaired) electrons. The number of nitrogen functional groups attached to an aromatic ring is 1.